The highest BCUT2D eigenvalue weighted by Gasteiger charge is 2.54. The van der Waals surface area contributed by atoms with E-state index in [1.807, 2.05) is 0 Å². The van der Waals surface area contributed by atoms with Crippen molar-refractivity contribution in [3.8, 4) is 0 Å². The summed E-state index contributed by atoms with van der Waals surface area (Å²) in [4.78, 5) is 5.26. The Bertz CT molecular complexity index is 376. The summed E-state index contributed by atoms with van der Waals surface area (Å²) in [6.07, 6.45) is 8.99. The number of aliphatic hydroxyl groups excluding tert-OH is 1. The minimum absolute atomic E-state index is 0.0179. The molecule has 0 aromatic rings. The fraction of sp³-hybridized carbons (Fsp3) is 1.00. The minimum Gasteiger partial charge on any atom is -0.393 e. The first-order valence-corrected chi connectivity index (χ1v) is 9.47. The van der Waals surface area contributed by atoms with Crippen LogP contribution in [-0.4, -0.2) is 72.9 Å². The fourth-order valence-corrected chi connectivity index (χ4v) is 5.27. The minimum atomic E-state index is -0.0179. The van der Waals surface area contributed by atoms with E-state index in [1.165, 1.54) is 64.8 Å². The van der Waals surface area contributed by atoms with Crippen LogP contribution in [0.5, 0.6) is 0 Å². The van der Waals surface area contributed by atoms with Gasteiger partial charge in [-0.1, -0.05) is 0 Å². The van der Waals surface area contributed by atoms with Crippen molar-refractivity contribution in [2.24, 2.45) is 11.3 Å². The van der Waals surface area contributed by atoms with Gasteiger partial charge in [-0.15, -0.1) is 0 Å². The number of rotatable bonds is 5. The average Bonchev–Trinajstić information content (AvgIpc) is 2.41. The topological polar surface area (TPSA) is 38.7 Å². The summed E-state index contributed by atoms with van der Waals surface area (Å²) >= 11 is 0. The van der Waals surface area contributed by atoms with E-state index >= 15 is 0 Å². The van der Waals surface area contributed by atoms with Crippen LogP contribution in [0.4, 0.5) is 0 Å². The maximum Gasteiger partial charge on any atom is 0.0570 e. The Morgan fingerprint density at radius 3 is 2.45 bits per heavy atom. The fourth-order valence-electron chi connectivity index (χ4n) is 5.27. The Labute approximate surface area is 135 Å². The van der Waals surface area contributed by atoms with Gasteiger partial charge in [0.25, 0.3) is 0 Å². The molecule has 2 saturated carbocycles. The van der Waals surface area contributed by atoms with Gasteiger partial charge in [-0.05, 0) is 83.0 Å². The molecule has 4 fully saturated rings. The molecule has 2 N–H and O–H groups in total. The number of hydrogen-bond acceptors (Lipinski definition) is 4. The first kappa shape index (κ1) is 15.4. The summed E-state index contributed by atoms with van der Waals surface area (Å²) in [7, 11) is 2.28. The van der Waals surface area contributed by atoms with Crippen molar-refractivity contribution >= 4 is 0 Å². The zero-order chi connectivity index (χ0) is 15.2. The Kier molecular flexibility index (Phi) is 4.22. The van der Waals surface area contributed by atoms with Crippen LogP contribution in [0.1, 0.15) is 44.9 Å². The molecule has 2 heterocycles. The zero-order valence-electron chi connectivity index (χ0n) is 14.1. The van der Waals surface area contributed by atoms with Crippen molar-refractivity contribution in [2.45, 2.75) is 63.1 Å². The molecule has 4 heteroatoms. The second-order valence-corrected chi connectivity index (χ2v) is 8.70. The molecule has 0 bridgehead atoms. The van der Waals surface area contributed by atoms with Crippen molar-refractivity contribution < 1.29 is 5.11 Å². The van der Waals surface area contributed by atoms with Crippen LogP contribution >= 0.6 is 0 Å². The first-order chi connectivity index (χ1) is 10.6. The molecule has 0 aromatic carbocycles. The molecule has 4 rings (SSSR count). The molecule has 0 amide bonds. The molecule has 4 aliphatic rings. The lowest BCUT2D eigenvalue weighted by molar-refractivity contribution is -0.126. The molecular weight excluding hydrogens is 274 g/mol. The van der Waals surface area contributed by atoms with Crippen LogP contribution in [0.15, 0.2) is 0 Å². The lowest BCUT2D eigenvalue weighted by Gasteiger charge is -2.62. The third kappa shape index (κ3) is 2.95. The number of hydrogen-bond donors (Lipinski definition) is 2. The van der Waals surface area contributed by atoms with Gasteiger partial charge in [0.15, 0.2) is 0 Å². The number of likely N-dealkylation sites (tertiary alicyclic amines) is 1. The van der Waals surface area contributed by atoms with E-state index in [4.69, 9.17) is 0 Å². The van der Waals surface area contributed by atoms with Crippen molar-refractivity contribution in [1.82, 2.24) is 15.1 Å². The molecule has 2 aliphatic heterocycles. The Morgan fingerprint density at radius 1 is 1.14 bits per heavy atom. The number of aliphatic hydroxyl groups is 1. The summed E-state index contributed by atoms with van der Waals surface area (Å²) in [6.45, 7) is 6.52. The maximum atomic E-state index is 9.46. The van der Waals surface area contributed by atoms with Gasteiger partial charge in [0.1, 0.15) is 0 Å². The van der Waals surface area contributed by atoms with Crippen LogP contribution in [0.2, 0.25) is 0 Å². The average molecular weight is 307 g/mol. The smallest absolute Gasteiger partial charge is 0.0570 e. The highest BCUT2D eigenvalue weighted by Crippen LogP contribution is 2.51. The molecule has 0 radical (unpaired) electrons. The SMILES string of the molecule is CN(C1CC2(C1)CN(CCC1CCNCC1)C2)[C@H]1C[C@H](O)C1. The van der Waals surface area contributed by atoms with Crippen LogP contribution < -0.4 is 5.32 Å². The van der Waals surface area contributed by atoms with Crippen LogP contribution in [0.3, 0.4) is 0 Å². The van der Waals surface area contributed by atoms with E-state index in [0.717, 1.165) is 24.8 Å². The monoisotopic (exact) mass is 307 g/mol. The van der Waals surface area contributed by atoms with Gasteiger partial charge in [0.2, 0.25) is 0 Å². The zero-order valence-corrected chi connectivity index (χ0v) is 14.1. The van der Waals surface area contributed by atoms with Crippen molar-refractivity contribution in [1.29, 1.82) is 0 Å². The highest BCUT2D eigenvalue weighted by atomic mass is 16.3. The van der Waals surface area contributed by atoms with Gasteiger partial charge in [-0.25, -0.2) is 0 Å². The standard InChI is InChI=1S/C18H33N3O/c1-20(15-8-17(22)9-15)16-10-18(11-16)12-21(13-18)7-4-14-2-5-19-6-3-14/h14-17,19,22H,2-13H2,1H3/t15-,17-. The predicted octanol–water partition coefficient (Wildman–Crippen LogP) is 1.30. The molecule has 4 nitrogen and oxygen atoms in total. The third-order valence-corrected chi connectivity index (χ3v) is 7.01. The van der Waals surface area contributed by atoms with Gasteiger partial charge >= 0.3 is 0 Å². The Morgan fingerprint density at radius 2 is 1.82 bits per heavy atom. The van der Waals surface area contributed by atoms with E-state index < -0.39 is 0 Å². The largest absolute Gasteiger partial charge is 0.393 e. The van der Waals surface area contributed by atoms with E-state index in [1.54, 1.807) is 0 Å². The highest BCUT2D eigenvalue weighted by molar-refractivity contribution is 5.08. The summed E-state index contributed by atoms with van der Waals surface area (Å²) < 4.78 is 0. The maximum absolute atomic E-state index is 9.46. The molecule has 2 aliphatic carbocycles. The Hall–Kier alpha value is -0.160. The molecule has 0 unspecified atom stereocenters. The Balaban J connectivity index is 1.13. The van der Waals surface area contributed by atoms with E-state index in [-0.39, 0.29) is 6.10 Å². The van der Waals surface area contributed by atoms with Crippen molar-refractivity contribution in [2.75, 3.05) is 39.8 Å². The van der Waals surface area contributed by atoms with Gasteiger partial charge in [-0.2, -0.15) is 0 Å². The molecule has 126 valence electrons. The van der Waals surface area contributed by atoms with E-state index in [2.05, 4.69) is 22.2 Å². The first-order valence-electron chi connectivity index (χ1n) is 9.47. The summed E-state index contributed by atoms with van der Waals surface area (Å²) in [5, 5.41) is 12.9. The van der Waals surface area contributed by atoms with E-state index in [0.29, 0.717) is 11.5 Å². The number of nitrogens with one attached hydrogen (secondary N) is 1. The summed E-state index contributed by atoms with van der Waals surface area (Å²) in [5.41, 5.74) is 0.676. The second-order valence-electron chi connectivity index (χ2n) is 8.70. The third-order valence-electron chi connectivity index (χ3n) is 7.01. The predicted molar refractivity (Wildman–Crippen MR) is 88.9 cm³/mol. The summed E-state index contributed by atoms with van der Waals surface area (Å²) in [6, 6.07) is 1.46. The van der Waals surface area contributed by atoms with Gasteiger partial charge in [0, 0.05) is 25.2 Å². The molecule has 2 saturated heterocycles. The van der Waals surface area contributed by atoms with Crippen LogP contribution in [-0.2, 0) is 0 Å². The van der Waals surface area contributed by atoms with Crippen molar-refractivity contribution in [3.05, 3.63) is 0 Å². The van der Waals surface area contributed by atoms with Crippen LogP contribution in [0, 0.1) is 11.3 Å². The molecule has 0 aromatic heterocycles. The number of piperidine rings is 1. The van der Waals surface area contributed by atoms with Gasteiger partial charge < -0.3 is 20.2 Å². The lowest BCUT2D eigenvalue weighted by atomic mass is 9.59. The normalized spacial score (nSPS) is 36.1. The van der Waals surface area contributed by atoms with E-state index in [9.17, 15) is 5.11 Å². The second kappa shape index (κ2) is 6.04. The lowest BCUT2D eigenvalue weighted by Crippen LogP contribution is -2.67. The van der Waals surface area contributed by atoms with Gasteiger partial charge in [0.05, 0.1) is 6.10 Å². The summed E-state index contributed by atoms with van der Waals surface area (Å²) in [5.74, 6) is 0.975. The molecular formula is C18H33N3O. The van der Waals surface area contributed by atoms with Crippen LogP contribution in [0.25, 0.3) is 0 Å². The molecule has 22 heavy (non-hydrogen) atoms. The quantitative estimate of drug-likeness (QED) is 0.803. The molecule has 1 spiro atoms. The van der Waals surface area contributed by atoms with Gasteiger partial charge in [-0.3, -0.25) is 0 Å². The molecule has 0 atom stereocenters. The van der Waals surface area contributed by atoms with Crippen molar-refractivity contribution in [3.63, 3.8) is 0 Å². The number of nitrogens with zero attached hydrogens (tertiary/aromatic N) is 2.